The van der Waals surface area contributed by atoms with Gasteiger partial charge >= 0.3 is 0 Å². The zero-order valence-corrected chi connectivity index (χ0v) is 21.6. The minimum atomic E-state index is -0.457. The van der Waals surface area contributed by atoms with Crippen LogP contribution in [0.25, 0.3) is 54.0 Å². The van der Waals surface area contributed by atoms with Crippen molar-refractivity contribution in [1.29, 1.82) is 0 Å². The number of benzene rings is 3. The van der Waals surface area contributed by atoms with E-state index in [1.165, 1.54) is 60.3 Å². The molecule has 3 aromatic carbocycles. The Morgan fingerprint density at radius 3 is 2.51 bits per heavy atom. The van der Waals surface area contributed by atoms with Crippen molar-refractivity contribution in [2.75, 3.05) is 0 Å². The summed E-state index contributed by atoms with van der Waals surface area (Å²) in [6, 6.07) is 13.8. The third-order valence-electron chi connectivity index (χ3n) is 7.80. The van der Waals surface area contributed by atoms with E-state index >= 15 is 0 Å². The molecule has 0 bridgehead atoms. The highest BCUT2D eigenvalue weighted by atomic mass is 15.0. The number of aryl methyl sites for hydroxylation is 3. The third-order valence-corrected chi connectivity index (χ3v) is 7.80. The molecule has 0 saturated carbocycles. The average molecular weight is 460 g/mol. The molecule has 0 aliphatic carbocycles. The molecular weight excluding hydrogens is 428 g/mol. The SMILES string of the molecule is [C-]#[N+]C(C)(C)Cc1cc2nc[n+](C)c3c4c(C)c(C)cc5c6ccc(C(C)C)cc6n(c(c1)c23)c54. The van der Waals surface area contributed by atoms with Crippen LogP contribution in [-0.2, 0) is 13.5 Å². The van der Waals surface area contributed by atoms with Crippen LogP contribution in [-0.4, -0.2) is 14.9 Å². The van der Waals surface area contributed by atoms with Crippen LogP contribution >= 0.6 is 0 Å². The number of hydrogen-bond donors (Lipinski definition) is 0. The van der Waals surface area contributed by atoms with Gasteiger partial charge in [-0.05, 0) is 71.3 Å². The topological polar surface area (TPSA) is 25.5 Å². The zero-order valence-electron chi connectivity index (χ0n) is 21.6. The molecule has 0 radical (unpaired) electrons. The molecule has 6 rings (SSSR count). The summed E-state index contributed by atoms with van der Waals surface area (Å²) >= 11 is 0. The first-order chi connectivity index (χ1) is 16.6. The van der Waals surface area contributed by atoms with Crippen LogP contribution in [0.5, 0.6) is 0 Å². The highest BCUT2D eigenvalue weighted by molar-refractivity contribution is 6.25. The molecule has 0 saturated heterocycles. The Hall–Kier alpha value is -3.71. The summed E-state index contributed by atoms with van der Waals surface area (Å²) in [5.74, 6) is 0.453. The van der Waals surface area contributed by atoms with Crippen LogP contribution < -0.4 is 4.57 Å². The van der Waals surface area contributed by atoms with Crippen molar-refractivity contribution in [2.24, 2.45) is 7.05 Å². The third kappa shape index (κ3) is 2.97. The largest absolute Gasteiger partial charge is 0.311 e. The molecule has 0 atom stereocenters. The molecule has 0 unspecified atom stereocenters. The molecule has 4 nitrogen and oxygen atoms in total. The van der Waals surface area contributed by atoms with Gasteiger partial charge in [0.1, 0.15) is 5.52 Å². The minimum Gasteiger partial charge on any atom is -0.311 e. The molecule has 0 amide bonds. The van der Waals surface area contributed by atoms with Crippen molar-refractivity contribution in [1.82, 2.24) is 9.38 Å². The summed E-state index contributed by atoms with van der Waals surface area (Å²) < 4.78 is 4.65. The van der Waals surface area contributed by atoms with Crippen LogP contribution in [0.1, 0.15) is 55.9 Å². The lowest BCUT2D eigenvalue weighted by molar-refractivity contribution is -0.646. The summed E-state index contributed by atoms with van der Waals surface area (Å²) in [5.41, 5.74) is 10.6. The van der Waals surface area contributed by atoms with Crippen LogP contribution in [0.4, 0.5) is 0 Å². The predicted octanol–water partition coefficient (Wildman–Crippen LogP) is 7.19. The van der Waals surface area contributed by atoms with Crippen molar-refractivity contribution < 1.29 is 4.57 Å². The molecule has 0 spiro atoms. The molecule has 0 fully saturated rings. The second kappa shape index (κ2) is 7.15. The number of nitrogens with zero attached hydrogens (tertiary/aromatic N) is 4. The number of hydrogen-bond acceptors (Lipinski definition) is 1. The van der Waals surface area contributed by atoms with Gasteiger partial charge in [0, 0.05) is 24.6 Å². The second-order valence-corrected chi connectivity index (χ2v) is 11.2. The van der Waals surface area contributed by atoms with Gasteiger partial charge in [-0.3, -0.25) is 0 Å². The van der Waals surface area contributed by atoms with Gasteiger partial charge in [0.15, 0.2) is 5.52 Å². The Labute approximate surface area is 206 Å². The Bertz CT molecular complexity index is 1860. The van der Waals surface area contributed by atoms with Gasteiger partial charge in [-0.25, -0.2) is 11.1 Å². The van der Waals surface area contributed by atoms with Gasteiger partial charge in [-0.2, -0.15) is 0 Å². The van der Waals surface area contributed by atoms with E-state index in [9.17, 15) is 0 Å². The number of rotatable bonds is 3. The fourth-order valence-corrected chi connectivity index (χ4v) is 5.84. The highest BCUT2D eigenvalue weighted by Gasteiger charge is 2.28. The smallest absolute Gasteiger partial charge is 0.287 e. The van der Waals surface area contributed by atoms with E-state index in [0.29, 0.717) is 12.3 Å². The first kappa shape index (κ1) is 21.8. The Morgan fingerprint density at radius 2 is 1.80 bits per heavy atom. The summed E-state index contributed by atoms with van der Waals surface area (Å²) in [5, 5.41) is 5.08. The normalized spacial score (nSPS) is 12.8. The first-order valence-electron chi connectivity index (χ1n) is 12.4. The minimum absolute atomic E-state index is 0.453. The molecule has 35 heavy (non-hydrogen) atoms. The molecular formula is C31H31N4+. The summed E-state index contributed by atoms with van der Waals surface area (Å²) in [7, 11) is 2.10. The number of pyridine rings is 1. The van der Waals surface area contributed by atoms with Crippen molar-refractivity contribution in [3.63, 3.8) is 0 Å². The monoisotopic (exact) mass is 459 g/mol. The van der Waals surface area contributed by atoms with Crippen molar-refractivity contribution >= 4 is 49.1 Å². The van der Waals surface area contributed by atoms with E-state index < -0.39 is 5.54 Å². The fraction of sp³-hybridized carbons (Fsp3) is 0.323. The summed E-state index contributed by atoms with van der Waals surface area (Å²) in [4.78, 5) is 8.75. The molecule has 3 aromatic heterocycles. The number of aromatic nitrogens is 3. The lowest BCUT2D eigenvalue weighted by atomic mass is 9.93. The Balaban J connectivity index is 1.94. The summed E-state index contributed by atoms with van der Waals surface area (Å²) in [6.07, 6.45) is 2.63. The van der Waals surface area contributed by atoms with E-state index in [4.69, 9.17) is 11.6 Å². The van der Waals surface area contributed by atoms with Crippen LogP contribution in [0.3, 0.4) is 0 Å². The lowest BCUT2D eigenvalue weighted by Gasteiger charge is -2.16. The maximum absolute atomic E-state index is 7.67. The molecule has 0 aliphatic heterocycles. The lowest BCUT2D eigenvalue weighted by Crippen LogP contribution is -2.30. The Morgan fingerprint density at radius 1 is 1.03 bits per heavy atom. The van der Waals surface area contributed by atoms with Crippen molar-refractivity contribution in [3.05, 3.63) is 76.4 Å². The highest BCUT2D eigenvalue weighted by Crippen LogP contribution is 2.42. The summed E-state index contributed by atoms with van der Waals surface area (Å²) in [6.45, 7) is 20.7. The van der Waals surface area contributed by atoms with Crippen LogP contribution in [0, 0.1) is 20.4 Å². The van der Waals surface area contributed by atoms with Gasteiger partial charge in [0.2, 0.25) is 5.54 Å². The predicted molar refractivity (Wildman–Crippen MR) is 146 cm³/mol. The number of fused-ring (bicyclic) bond motifs is 5. The second-order valence-electron chi connectivity index (χ2n) is 11.2. The van der Waals surface area contributed by atoms with Gasteiger partial charge in [0.05, 0.1) is 40.8 Å². The molecule has 3 heterocycles. The van der Waals surface area contributed by atoms with E-state index in [1.54, 1.807) is 0 Å². The average Bonchev–Trinajstić information content (AvgIpc) is 3.13. The fourth-order valence-electron chi connectivity index (χ4n) is 5.84. The maximum atomic E-state index is 7.67. The standard InChI is InChI=1S/C31H31N4/c1-17(2)21-9-10-22-23-11-18(3)19(4)27-29(23)35(25(22)14-21)26-13-20(15-31(5,6)32-7)12-24-28(26)30(27)34(8)16-33-24/h9-14,16-17H,15H2,1-6,8H3/q+1. The maximum Gasteiger partial charge on any atom is 0.287 e. The van der Waals surface area contributed by atoms with Crippen molar-refractivity contribution in [3.8, 4) is 0 Å². The van der Waals surface area contributed by atoms with Crippen LogP contribution in [0.15, 0.2) is 42.7 Å². The van der Waals surface area contributed by atoms with E-state index in [0.717, 1.165) is 11.1 Å². The van der Waals surface area contributed by atoms with Crippen LogP contribution in [0.2, 0.25) is 0 Å². The molecule has 0 aliphatic rings. The molecule has 4 heteroatoms. The van der Waals surface area contributed by atoms with Gasteiger partial charge in [0.25, 0.3) is 6.33 Å². The Kier molecular flexibility index (Phi) is 4.45. The van der Waals surface area contributed by atoms with Gasteiger partial charge in [-0.15, -0.1) is 0 Å². The van der Waals surface area contributed by atoms with Gasteiger partial charge in [-0.1, -0.05) is 26.0 Å². The van der Waals surface area contributed by atoms with Crippen molar-refractivity contribution in [2.45, 2.75) is 59.4 Å². The quantitative estimate of drug-likeness (QED) is 0.119. The first-order valence-corrected chi connectivity index (χ1v) is 12.4. The van der Waals surface area contributed by atoms with E-state index in [2.05, 4.69) is 85.0 Å². The van der Waals surface area contributed by atoms with Gasteiger partial charge < -0.3 is 9.25 Å². The molecule has 174 valence electrons. The van der Waals surface area contributed by atoms with E-state index in [-0.39, 0.29) is 0 Å². The zero-order chi connectivity index (χ0) is 24.8. The molecule has 6 aromatic rings. The molecule has 0 N–H and O–H groups in total. The van der Waals surface area contributed by atoms with E-state index in [1.807, 2.05) is 20.2 Å².